The number of nitrogens with zero attached hydrogens (tertiary/aromatic N) is 3. The Morgan fingerprint density at radius 2 is 1.94 bits per heavy atom. The standard InChI is InChI=1S/C28H31N5O3/c1-18-7-6-15-33-25(18)31-26-23(28(33)35)17-22(27(34)30-20-8-4-3-5-9-20)24(29)32(26)16-14-19-10-12-21(36-2)13-11-19/h6-7,10-13,15,17,20,29H,3-5,8-9,14,16H2,1-2H3,(H,30,34)/p+1. The highest BCUT2D eigenvalue weighted by atomic mass is 16.5. The largest absolute Gasteiger partial charge is 0.497 e. The average molecular weight is 487 g/mol. The lowest BCUT2D eigenvalue weighted by molar-refractivity contribution is -0.658. The highest BCUT2D eigenvalue weighted by molar-refractivity contribution is 6.00. The van der Waals surface area contributed by atoms with Gasteiger partial charge in [-0.25, -0.2) is 4.57 Å². The summed E-state index contributed by atoms with van der Waals surface area (Å²) >= 11 is 0. The number of benzene rings is 1. The van der Waals surface area contributed by atoms with Gasteiger partial charge in [-0.3, -0.25) is 14.0 Å². The first-order valence-electron chi connectivity index (χ1n) is 12.5. The fraction of sp³-hybridized carbons (Fsp3) is 0.357. The maximum Gasteiger partial charge on any atom is 0.278 e. The van der Waals surface area contributed by atoms with Gasteiger partial charge in [0.15, 0.2) is 0 Å². The lowest BCUT2D eigenvalue weighted by Gasteiger charge is -2.23. The first-order valence-corrected chi connectivity index (χ1v) is 12.5. The Bertz CT molecular complexity index is 1490. The zero-order valence-electron chi connectivity index (χ0n) is 20.8. The molecule has 1 aliphatic rings. The molecular formula is C28H32N5O3+. The van der Waals surface area contributed by atoms with Crippen LogP contribution < -0.4 is 25.9 Å². The molecule has 0 spiro atoms. The third-order valence-electron chi connectivity index (χ3n) is 7.14. The number of nitrogen functional groups attached to an aromatic ring is 1. The molecule has 1 aromatic carbocycles. The van der Waals surface area contributed by atoms with Gasteiger partial charge >= 0.3 is 0 Å². The smallest absolute Gasteiger partial charge is 0.278 e. The van der Waals surface area contributed by atoms with E-state index in [0.717, 1.165) is 42.6 Å². The molecule has 3 N–H and O–H groups in total. The Morgan fingerprint density at radius 3 is 2.67 bits per heavy atom. The average Bonchev–Trinajstić information content (AvgIpc) is 2.89. The van der Waals surface area contributed by atoms with E-state index in [2.05, 4.69) is 5.32 Å². The molecule has 0 unspecified atom stereocenters. The van der Waals surface area contributed by atoms with Gasteiger partial charge in [0.05, 0.1) is 13.7 Å². The van der Waals surface area contributed by atoms with Crippen LogP contribution in [-0.2, 0) is 13.0 Å². The summed E-state index contributed by atoms with van der Waals surface area (Å²) in [5, 5.41) is 3.52. The molecule has 36 heavy (non-hydrogen) atoms. The molecule has 1 amide bonds. The quantitative estimate of drug-likeness (QED) is 0.321. The topological polar surface area (TPSA) is 103 Å². The molecule has 1 aliphatic carbocycles. The molecule has 1 fully saturated rings. The second kappa shape index (κ2) is 9.97. The Labute approximate surface area is 209 Å². The minimum atomic E-state index is -0.242. The number of amides is 1. The fourth-order valence-electron chi connectivity index (χ4n) is 5.06. The normalized spacial score (nSPS) is 14.3. The van der Waals surface area contributed by atoms with Gasteiger partial charge in [0, 0.05) is 24.2 Å². The van der Waals surface area contributed by atoms with E-state index in [4.69, 9.17) is 15.5 Å². The van der Waals surface area contributed by atoms with Crippen molar-refractivity contribution in [1.82, 2.24) is 14.7 Å². The molecule has 186 valence electrons. The third-order valence-corrected chi connectivity index (χ3v) is 7.14. The third kappa shape index (κ3) is 4.51. The molecule has 0 aliphatic heterocycles. The molecule has 0 bridgehead atoms. The molecule has 0 saturated heterocycles. The fourth-order valence-corrected chi connectivity index (χ4v) is 5.06. The summed E-state index contributed by atoms with van der Waals surface area (Å²) in [7, 11) is 1.64. The lowest BCUT2D eigenvalue weighted by atomic mass is 9.95. The van der Waals surface area contributed by atoms with E-state index in [1.807, 2.05) is 47.9 Å². The van der Waals surface area contributed by atoms with E-state index in [-0.39, 0.29) is 17.5 Å². The summed E-state index contributed by atoms with van der Waals surface area (Å²) in [6, 6.07) is 13.3. The minimum Gasteiger partial charge on any atom is -0.497 e. The van der Waals surface area contributed by atoms with Crippen LogP contribution in [0.15, 0.2) is 53.5 Å². The van der Waals surface area contributed by atoms with E-state index in [0.29, 0.717) is 41.0 Å². The van der Waals surface area contributed by atoms with Crippen molar-refractivity contribution in [3.05, 3.63) is 75.7 Å². The van der Waals surface area contributed by atoms with Crippen molar-refractivity contribution in [2.45, 2.75) is 58.0 Å². The number of methoxy groups -OCH3 is 1. The zero-order chi connectivity index (χ0) is 25.2. The predicted octanol–water partition coefficient (Wildman–Crippen LogP) is 3.34. The van der Waals surface area contributed by atoms with Crippen molar-refractivity contribution in [3.63, 3.8) is 0 Å². The van der Waals surface area contributed by atoms with Crippen LogP contribution in [0.1, 0.15) is 53.6 Å². The van der Waals surface area contributed by atoms with Gasteiger partial charge in [-0.2, -0.15) is 0 Å². The molecule has 4 aromatic rings. The number of anilines is 1. The van der Waals surface area contributed by atoms with E-state index < -0.39 is 0 Å². The number of nitrogens with two attached hydrogens (primary N) is 1. The second-order valence-electron chi connectivity index (χ2n) is 9.54. The van der Waals surface area contributed by atoms with Gasteiger partial charge in [0.1, 0.15) is 16.7 Å². The number of pyridine rings is 2. The second-order valence-corrected chi connectivity index (χ2v) is 9.54. The summed E-state index contributed by atoms with van der Waals surface area (Å²) in [6.07, 6.45) is 7.70. The van der Waals surface area contributed by atoms with Crippen LogP contribution in [0, 0.1) is 6.92 Å². The minimum absolute atomic E-state index is 0.132. The van der Waals surface area contributed by atoms with Crippen LogP contribution in [0.25, 0.3) is 16.7 Å². The number of rotatable bonds is 6. The number of aryl methyl sites for hydroxylation is 3. The Morgan fingerprint density at radius 1 is 1.19 bits per heavy atom. The molecule has 8 nitrogen and oxygen atoms in total. The molecule has 8 heteroatoms. The zero-order valence-corrected chi connectivity index (χ0v) is 20.8. The molecular weight excluding hydrogens is 454 g/mol. The summed E-state index contributed by atoms with van der Waals surface area (Å²) in [5.41, 5.74) is 9.75. The molecule has 5 rings (SSSR count). The van der Waals surface area contributed by atoms with Crippen molar-refractivity contribution in [3.8, 4) is 5.75 Å². The van der Waals surface area contributed by atoms with Gasteiger partial charge in [-0.05, 0) is 49.6 Å². The van der Waals surface area contributed by atoms with Crippen molar-refractivity contribution in [2.24, 2.45) is 0 Å². The Balaban J connectivity index is 1.62. The summed E-state index contributed by atoms with van der Waals surface area (Å²) in [6.45, 7) is 2.39. The number of hydrogen-bond donors (Lipinski definition) is 2. The maximum atomic E-state index is 13.5. The van der Waals surface area contributed by atoms with Gasteiger partial charge < -0.3 is 15.8 Å². The van der Waals surface area contributed by atoms with Crippen molar-refractivity contribution in [1.29, 1.82) is 0 Å². The number of aromatic nitrogens is 3. The number of ether oxygens (including phenoxy) is 1. The predicted molar refractivity (Wildman–Crippen MR) is 139 cm³/mol. The van der Waals surface area contributed by atoms with E-state index in [1.54, 1.807) is 19.4 Å². The molecule has 3 aromatic heterocycles. The molecule has 0 radical (unpaired) electrons. The summed E-state index contributed by atoms with van der Waals surface area (Å²) in [4.78, 5) is 31.7. The van der Waals surface area contributed by atoms with Gasteiger partial charge in [0.25, 0.3) is 17.1 Å². The maximum absolute atomic E-state index is 13.5. The van der Waals surface area contributed by atoms with Gasteiger partial charge in [-0.15, -0.1) is 0 Å². The summed E-state index contributed by atoms with van der Waals surface area (Å²) in [5.74, 6) is 0.858. The van der Waals surface area contributed by atoms with Crippen molar-refractivity contribution in [2.75, 3.05) is 12.8 Å². The van der Waals surface area contributed by atoms with Crippen LogP contribution in [0.4, 0.5) is 5.82 Å². The van der Waals surface area contributed by atoms with E-state index in [1.165, 1.54) is 10.8 Å². The van der Waals surface area contributed by atoms with Crippen LogP contribution in [0.3, 0.4) is 0 Å². The molecule has 3 heterocycles. The summed E-state index contributed by atoms with van der Waals surface area (Å²) < 4.78 is 8.60. The lowest BCUT2D eigenvalue weighted by Crippen LogP contribution is -2.44. The van der Waals surface area contributed by atoms with Crippen LogP contribution in [0.5, 0.6) is 5.75 Å². The van der Waals surface area contributed by atoms with Crippen LogP contribution >= 0.6 is 0 Å². The highest BCUT2D eigenvalue weighted by Crippen LogP contribution is 2.20. The number of carbonyl (C=O) groups excluding carboxylic acids is 1. The van der Waals surface area contributed by atoms with E-state index in [9.17, 15) is 9.59 Å². The number of carbonyl (C=O) groups is 1. The van der Waals surface area contributed by atoms with E-state index >= 15 is 0 Å². The Hall–Kier alpha value is -3.94. The monoisotopic (exact) mass is 486 g/mol. The first kappa shape index (κ1) is 23.8. The molecule has 1 saturated carbocycles. The van der Waals surface area contributed by atoms with Crippen molar-refractivity contribution < 1.29 is 14.1 Å². The Kier molecular flexibility index (Phi) is 6.59. The number of hydrogen-bond acceptors (Lipinski definition) is 5. The van der Waals surface area contributed by atoms with Crippen LogP contribution in [-0.4, -0.2) is 28.4 Å². The number of fused-ring (bicyclic) bond motifs is 2. The number of nitrogens with one attached hydrogen (secondary N) is 1. The molecule has 0 atom stereocenters. The first-order chi connectivity index (χ1) is 17.5. The van der Waals surface area contributed by atoms with Gasteiger partial charge in [0.2, 0.25) is 11.5 Å². The van der Waals surface area contributed by atoms with Crippen molar-refractivity contribution >= 4 is 28.4 Å². The van der Waals surface area contributed by atoms with Gasteiger partial charge in [-0.1, -0.05) is 42.4 Å². The van der Waals surface area contributed by atoms with Crippen LogP contribution in [0.2, 0.25) is 0 Å². The SMILES string of the molecule is COc1ccc(CC[n+]2c(N)c(C(=O)NC3CCCCC3)cc3c(=O)n4cccc(C)c4nc32)cc1. The highest BCUT2D eigenvalue weighted by Gasteiger charge is 2.26.